The lowest BCUT2D eigenvalue weighted by atomic mass is 9.99. The van der Waals surface area contributed by atoms with E-state index in [1.54, 1.807) is 0 Å². The van der Waals surface area contributed by atoms with Gasteiger partial charge in [0.05, 0.1) is 0 Å². The van der Waals surface area contributed by atoms with Crippen molar-refractivity contribution in [2.24, 2.45) is 0 Å². The average molecular weight is 223 g/mol. The van der Waals surface area contributed by atoms with E-state index in [1.165, 1.54) is 44.1 Å². The number of nitrogens with one attached hydrogen (secondary N) is 1. The van der Waals surface area contributed by atoms with Crippen molar-refractivity contribution in [3.63, 3.8) is 0 Å². The monoisotopic (exact) mass is 223 g/mol. The van der Waals surface area contributed by atoms with E-state index in [4.69, 9.17) is 0 Å². The molecular weight excluding hydrogens is 206 g/mol. The van der Waals surface area contributed by atoms with E-state index in [0.29, 0.717) is 0 Å². The van der Waals surface area contributed by atoms with Crippen molar-refractivity contribution >= 4 is 21.8 Å². The van der Waals surface area contributed by atoms with Crippen LogP contribution >= 0.6 is 0 Å². The number of rotatable bonds is 0. The van der Waals surface area contributed by atoms with Gasteiger partial charge in [0.25, 0.3) is 0 Å². The first-order chi connectivity index (χ1) is 8.08. The largest absolute Gasteiger partial charge is 0.354 e. The first kappa shape index (κ1) is 10.4. The summed E-state index contributed by atoms with van der Waals surface area (Å²) in [6, 6.07) is 8.87. The minimum absolute atomic E-state index is 1.25. The van der Waals surface area contributed by atoms with Gasteiger partial charge < -0.3 is 4.98 Å². The summed E-state index contributed by atoms with van der Waals surface area (Å²) in [5, 5.41) is 2.77. The summed E-state index contributed by atoms with van der Waals surface area (Å²) in [7, 11) is 0. The molecule has 0 aliphatic rings. The first-order valence-electron chi connectivity index (χ1n) is 6.07. The van der Waals surface area contributed by atoms with E-state index in [0.717, 1.165) is 0 Å². The molecule has 0 saturated carbocycles. The number of aryl methyl sites for hydroxylation is 4. The normalized spacial score (nSPS) is 11.5. The summed E-state index contributed by atoms with van der Waals surface area (Å²) in [5.74, 6) is 0. The Morgan fingerprint density at radius 1 is 0.765 bits per heavy atom. The van der Waals surface area contributed by atoms with Crippen LogP contribution < -0.4 is 0 Å². The molecule has 0 unspecified atom stereocenters. The molecule has 3 rings (SSSR count). The maximum Gasteiger partial charge on any atom is 0.0470 e. The number of fused-ring (bicyclic) bond motifs is 3. The summed E-state index contributed by atoms with van der Waals surface area (Å²) >= 11 is 0. The highest BCUT2D eigenvalue weighted by molar-refractivity contribution is 6.10. The molecule has 0 aliphatic heterocycles. The van der Waals surface area contributed by atoms with Gasteiger partial charge in [-0.25, -0.2) is 0 Å². The van der Waals surface area contributed by atoms with Crippen molar-refractivity contribution in [1.82, 2.24) is 4.98 Å². The van der Waals surface area contributed by atoms with E-state index >= 15 is 0 Å². The van der Waals surface area contributed by atoms with Crippen molar-refractivity contribution in [1.29, 1.82) is 0 Å². The number of aromatic nitrogens is 1. The topological polar surface area (TPSA) is 15.8 Å². The molecule has 0 amide bonds. The van der Waals surface area contributed by atoms with Crippen LogP contribution in [0.1, 0.15) is 22.3 Å². The standard InChI is InChI=1S/C16H17N/c1-9-7-11(3)15-14(8-9)17-13-6-5-10(2)12(4)16(13)15/h5-8,17H,1-4H3. The predicted octanol–water partition coefficient (Wildman–Crippen LogP) is 4.55. The van der Waals surface area contributed by atoms with Crippen LogP contribution in [-0.4, -0.2) is 4.98 Å². The smallest absolute Gasteiger partial charge is 0.0470 e. The van der Waals surface area contributed by atoms with E-state index in [1.807, 2.05) is 0 Å². The predicted molar refractivity (Wildman–Crippen MR) is 74.8 cm³/mol. The summed E-state index contributed by atoms with van der Waals surface area (Å²) in [6.07, 6.45) is 0. The Bertz CT molecular complexity index is 732. The molecule has 0 spiro atoms. The molecule has 17 heavy (non-hydrogen) atoms. The third kappa shape index (κ3) is 1.39. The summed E-state index contributed by atoms with van der Waals surface area (Å²) < 4.78 is 0. The molecule has 3 aromatic rings. The van der Waals surface area contributed by atoms with Crippen LogP contribution in [0, 0.1) is 27.7 Å². The maximum atomic E-state index is 3.53. The van der Waals surface area contributed by atoms with Gasteiger partial charge in [-0.3, -0.25) is 0 Å². The number of aromatic amines is 1. The molecule has 1 heterocycles. The minimum Gasteiger partial charge on any atom is -0.354 e. The maximum absolute atomic E-state index is 3.53. The second-order valence-electron chi connectivity index (χ2n) is 5.06. The molecule has 0 atom stereocenters. The third-order valence-electron chi connectivity index (χ3n) is 3.74. The van der Waals surface area contributed by atoms with Gasteiger partial charge in [0.15, 0.2) is 0 Å². The molecule has 2 aromatic carbocycles. The van der Waals surface area contributed by atoms with Crippen LogP contribution in [0.25, 0.3) is 21.8 Å². The molecule has 0 aliphatic carbocycles. The van der Waals surface area contributed by atoms with Crippen molar-refractivity contribution < 1.29 is 0 Å². The van der Waals surface area contributed by atoms with Crippen molar-refractivity contribution in [3.8, 4) is 0 Å². The highest BCUT2D eigenvalue weighted by Crippen LogP contribution is 2.32. The zero-order valence-electron chi connectivity index (χ0n) is 10.8. The Kier molecular flexibility index (Phi) is 2.06. The SMILES string of the molecule is Cc1cc(C)c2c(c1)[nH]c1ccc(C)c(C)c12. The summed E-state index contributed by atoms with van der Waals surface area (Å²) in [4.78, 5) is 3.53. The van der Waals surface area contributed by atoms with Gasteiger partial charge in [-0.2, -0.15) is 0 Å². The number of hydrogen-bond acceptors (Lipinski definition) is 0. The summed E-state index contributed by atoms with van der Waals surface area (Å²) in [5.41, 5.74) is 7.93. The molecule has 1 N–H and O–H groups in total. The van der Waals surface area contributed by atoms with Crippen molar-refractivity contribution in [2.75, 3.05) is 0 Å². The molecule has 0 bridgehead atoms. The Morgan fingerprint density at radius 3 is 2.29 bits per heavy atom. The average Bonchev–Trinajstić information content (AvgIpc) is 2.62. The molecule has 1 nitrogen and oxygen atoms in total. The minimum atomic E-state index is 1.25. The van der Waals surface area contributed by atoms with Crippen LogP contribution in [0.3, 0.4) is 0 Å². The van der Waals surface area contributed by atoms with Gasteiger partial charge in [-0.05, 0) is 62.1 Å². The van der Waals surface area contributed by atoms with Gasteiger partial charge in [0, 0.05) is 21.8 Å². The van der Waals surface area contributed by atoms with E-state index < -0.39 is 0 Å². The van der Waals surface area contributed by atoms with Crippen LogP contribution in [0.4, 0.5) is 0 Å². The first-order valence-corrected chi connectivity index (χ1v) is 6.07. The fourth-order valence-electron chi connectivity index (χ4n) is 2.79. The van der Waals surface area contributed by atoms with Crippen LogP contribution in [-0.2, 0) is 0 Å². The van der Waals surface area contributed by atoms with Gasteiger partial charge in [0.2, 0.25) is 0 Å². The summed E-state index contributed by atoms with van der Waals surface area (Å²) in [6.45, 7) is 8.74. The number of benzene rings is 2. The molecule has 1 heteroatoms. The van der Waals surface area contributed by atoms with Gasteiger partial charge >= 0.3 is 0 Å². The van der Waals surface area contributed by atoms with Gasteiger partial charge in [-0.15, -0.1) is 0 Å². The lowest BCUT2D eigenvalue weighted by molar-refractivity contribution is 1.38. The van der Waals surface area contributed by atoms with Gasteiger partial charge in [0.1, 0.15) is 0 Å². The van der Waals surface area contributed by atoms with Crippen LogP contribution in [0.5, 0.6) is 0 Å². The number of hydrogen-bond donors (Lipinski definition) is 1. The second-order valence-corrected chi connectivity index (χ2v) is 5.06. The van der Waals surface area contributed by atoms with Gasteiger partial charge in [-0.1, -0.05) is 12.1 Å². The van der Waals surface area contributed by atoms with Crippen molar-refractivity contribution in [2.45, 2.75) is 27.7 Å². The molecule has 0 radical (unpaired) electrons. The lowest BCUT2D eigenvalue weighted by Gasteiger charge is -2.04. The molecule has 1 aromatic heterocycles. The van der Waals surface area contributed by atoms with E-state index in [9.17, 15) is 0 Å². The second kappa shape index (κ2) is 3.36. The number of H-pyrrole nitrogens is 1. The van der Waals surface area contributed by atoms with E-state index in [2.05, 4.69) is 56.9 Å². The highest BCUT2D eigenvalue weighted by atomic mass is 14.7. The fourth-order valence-corrected chi connectivity index (χ4v) is 2.79. The fraction of sp³-hybridized carbons (Fsp3) is 0.250. The molecule has 0 saturated heterocycles. The molecular formula is C16H17N. The molecule has 86 valence electrons. The highest BCUT2D eigenvalue weighted by Gasteiger charge is 2.10. The van der Waals surface area contributed by atoms with E-state index in [-0.39, 0.29) is 0 Å². The third-order valence-corrected chi connectivity index (χ3v) is 3.74. The zero-order valence-corrected chi connectivity index (χ0v) is 10.8. The van der Waals surface area contributed by atoms with Crippen LogP contribution in [0.2, 0.25) is 0 Å². The Hall–Kier alpha value is -1.76. The molecule has 0 fully saturated rings. The van der Waals surface area contributed by atoms with Crippen LogP contribution in [0.15, 0.2) is 24.3 Å². The zero-order chi connectivity index (χ0) is 12.2. The lowest BCUT2D eigenvalue weighted by Crippen LogP contribution is -1.83. The Labute approximate surface area is 101 Å². The quantitative estimate of drug-likeness (QED) is 0.575. The Morgan fingerprint density at radius 2 is 1.53 bits per heavy atom. The Balaban J connectivity index is 2.62. The van der Waals surface area contributed by atoms with Crippen molar-refractivity contribution in [3.05, 3.63) is 46.5 Å².